The van der Waals surface area contributed by atoms with Gasteiger partial charge in [0, 0.05) is 42.8 Å². The number of hydrogen-bond acceptors (Lipinski definition) is 6. The molecule has 7 nitrogen and oxygen atoms in total. The largest absolute Gasteiger partial charge is 0.382 e. The third-order valence-electron chi connectivity index (χ3n) is 6.35. The first-order chi connectivity index (χ1) is 16.0. The van der Waals surface area contributed by atoms with Gasteiger partial charge in [-0.05, 0) is 48.4 Å². The molecular weight excluding hydrogens is 416 g/mol. The summed E-state index contributed by atoms with van der Waals surface area (Å²) in [4.78, 5) is 23.4. The highest BCUT2D eigenvalue weighted by Gasteiger charge is 2.18. The molecular formula is C26H26N4O3. The minimum Gasteiger partial charge on any atom is -0.382 e. The first-order valence-electron chi connectivity index (χ1n) is 11.1. The summed E-state index contributed by atoms with van der Waals surface area (Å²) < 4.78 is 6.94. The topological polar surface area (TPSA) is 80.5 Å². The van der Waals surface area contributed by atoms with Crippen LogP contribution < -0.4 is 10.5 Å². The fourth-order valence-electron chi connectivity index (χ4n) is 4.39. The summed E-state index contributed by atoms with van der Waals surface area (Å²) in [6.07, 6.45) is 0.655. The number of morpholine rings is 1. The van der Waals surface area contributed by atoms with Gasteiger partial charge in [-0.1, -0.05) is 18.2 Å². The highest BCUT2D eigenvalue weighted by Crippen LogP contribution is 2.32. The van der Waals surface area contributed by atoms with Crippen molar-refractivity contribution in [3.63, 3.8) is 0 Å². The van der Waals surface area contributed by atoms with Gasteiger partial charge in [-0.15, -0.1) is 0 Å². The van der Waals surface area contributed by atoms with Crippen LogP contribution in [0.1, 0.15) is 22.9 Å². The molecule has 1 saturated heterocycles. The van der Waals surface area contributed by atoms with Crippen molar-refractivity contribution < 1.29 is 9.84 Å². The van der Waals surface area contributed by atoms with Crippen molar-refractivity contribution in [3.8, 4) is 11.3 Å². The molecule has 0 bridgehead atoms. The van der Waals surface area contributed by atoms with Gasteiger partial charge in [0.2, 0.25) is 0 Å². The molecule has 4 aromatic rings. The Hall–Kier alpha value is -3.55. The number of aryl methyl sites for hydroxylation is 1. The van der Waals surface area contributed by atoms with E-state index in [0.29, 0.717) is 5.69 Å². The number of anilines is 1. The molecule has 1 fully saturated rings. The lowest BCUT2D eigenvalue weighted by Gasteiger charge is -2.29. The Bertz CT molecular complexity index is 1380. The van der Waals surface area contributed by atoms with E-state index in [1.54, 1.807) is 25.5 Å². The monoisotopic (exact) mass is 442 g/mol. The zero-order valence-electron chi connectivity index (χ0n) is 18.7. The first kappa shape index (κ1) is 21.3. The number of aliphatic hydroxyl groups is 1. The summed E-state index contributed by atoms with van der Waals surface area (Å²) >= 11 is 0. The van der Waals surface area contributed by atoms with Crippen LogP contribution in [0.2, 0.25) is 0 Å². The zero-order valence-corrected chi connectivity index (χ0v) is 18.7. The molecule has 1 aliphatic rings. The quantitative estimate of drug-likeness (QED) is 0.523. The molecule has 5 rings (SSSR count). The third kappa shape index (κ3) is 4.01. The normalized spacial score (nSPS) is 15.1. The molecule has 0 aliphatic carbocycles. The minimum absolute atomic E-state index is 0.154. The number of pyridine rings is 1. The number of nitrogens with zero attached hydrogens (tertiary/aromatic N) is 4. The van der Waals surface area contributed by atoms with Gasteiger partial charge in [0.25, 0.3) is 5.56 Å². The molecule has 1 aliphatic heterocycles. The molecule has 0 saturated carbocycles. The van der Waals surface area contributed by atoms with E-state index in [1.165, 1.54) is 10.6 Å². The van der Waals surface area contributed by atoms with Crippen LogP contribution in [0.4, 0.5) is 5.69 Å². The Kier molecular flexibility index (Phi) is 5.66. The summed E-state index contributed by atoms with van der Waals surface area (Å²) in [6, 6.07) is 17.1. The van der Waals surface area contributed by atoms with E-state index in [4.69, 9.17) is 4.74 Å². The van der Waals surface area contributed by atoms with Crippen molar-refractivity contribution in [3.05, 3.63) is 88.1 Å². The van der Waals surface area contributed by atoms with Crippen LogP contribution in [0, 0.1) is 6.92 Å². The predicted octanol–water partition coefficient (Wildman–Crippen LogP) is 3.22. The van der Waals surface area contributed by atoms with Gasteiger partial charge in [0.05, 0.1) is 30.1 Å². The highest BCUT2D eigenvalue weighted by atomic mass is 16.5. The smallest absolute Gasteiger partial charge is 0.250 e. The van der Waals surface area contributed by atoms with Crippen LogP contribution in [0.15, 0.2) is 65.7 Å². The van der Waals surface area contributed by atoms with E-state index in [-0.39, 0.29) is 5.56 Å². The maximum Gasteiger partial charge on any atom is 0.250 e. The van der Waals surface area contributed by atoms with Crippen LogP contribution in [-0.4, -0.2) is 45.9 Å². The Morgan fingerprint density at radius 3 is 2.67 bits per heavy atom. The molecule has 0 amide bonds. The maximum atomic E-state index is 12.1. The van der Waals surface area contributed by atoms with E-state index in [1.807, 2.05) is 25.1 Å². The second-order valence-corrected chi connectivity index (χ2v) is 8.34. The lowest BCUT2D eigenvalue weighted by atomic mass is 9.95. The zero-order chi connectivity index (χ0) is 22.9. The lowest BCUT2D eigenvalue weighted by Crippen LogP contribution is -2.36. The molecule has 1 atom stereocenters. The second kappa shape index (κ2) is 8.77. The van der Waals surface area contributed by atoms with Gasteiger partial charge >= 0.3 is 0 Å². The Morgan fingerprint density at radius 2 is 1.85 bits per heavy atom. The lowest BCUT2D eigenvalue weighted by molar-refractivity contribution is 0.122. The summed E-state index contributed by atoms with van der Waals surface area (Å²) in [6.45, 7) is 5.15. The third-order valence-corrected chi connectivity index (χ3v) is 6.35. The number of benzene rings is 2. The molecule has 1 unspecified atom stereocenters. The predicted molar refractivity (Wildman–Crippen MR) is 128 cm³/mol. The van der Waals surface area contributed by atoms with Gasteiger partial charge in [0.15, 0.2) is 0 Å². The van der Waals surface area contributed by atoms with E-state index in [2.05, 4.69) is 33.1 Å². The molecule has 33 heavy (non-hydrogen) atoms. The fourth-order valence-corrected chi connectivity index (χ4v) is 4.39. The van der Waals surface area contributed by atoms with E-state index in [0.717, 1.165) is 65.3 Å². The maximum absolute atomic E-state index is 12.1. The molecule has 0 radical (unpaired) electrons. The number of ether oxygens (including phenoxy) is 1. The fraction of sp³-hybridized carbons (Fsp3) is 0.269. The highest BCUT2D eigenvalue weighted by molar-refractivity contribution is 5.94. The van der Waals surface area contributed by atoms with Gasteiger partial charge in [-0.3, -0.25) is 4.79 Å². The Balaban J connectivity index is 1.56. The molecule has 7 heteroatoms. The number of rotatable bonds is 4. The van der Waals surface area contributed by atoms with E-state index >= 15 is 0 Å². The molecule has 3 heterocycles. The molecule has 2 aromatic carbocycles. The van der Waals surface area contributed by atoms with Crippen molar-refractivity contribution in [1.82, 2.24) is 14.5 Å². The Morgan fingerprint density at radius 1 is 1.03 bits per heavy atom. The molecule has 1 N–H and O–H groups in total. The molecule has 2 aromatic heterocycles. The minimum atomic E-state index is -0.926. The van der Waals surface area contributed by atoms with Gasteiger partial charge < -0.3 is 19.3 Å². The average Bonchev–Trinajstić information content (AvgIpc) is 2.85. The van der Waals surface area contributed by atoms with E-state index < -0.39 is 6.10 Å². The van der Waals surface area contributed by atoms with Crippen molar-refractivity contribution in [2.24, 2.45) is 7.05 Å². The SMILES string of the molecule is Cc1ccc(-c2ncnc3cc(N4CCOCC4)ccc23)cc1C(O)c1cccc(=O)n1C. The number of fused-ring (bicyclic) bond motifs is 1. The standard InChI is InChI=1S/C26H26N4O3/c1-17-6-7-18(14-21(17)26(32)23-4-3-5-24(31)29(23)2)25-20-9-8-19(15-22(20)27-16-28-25)30-10-12-33-13-11-30/h3-9,14-16,26,32H,10-13H2,1-2H3. The second-order valence-electron chi connectivity index (χ2n) is 8.34. The summed E-state index contributed by atoms with van der Waals surface area (Å²) in [5, 5.41) is 12.1. The first-order valence-corrected chi connectivity index (χ1v) is 11.1. The van der Waals surface area contributed by atoms with Crippen molar-refractivity contribution >= 4 is 16.6 Å². The van der Waals surface area contributed by atoms with Crippen molar-refractivity contribution in [2.45, 2.75) is 13.0 Å². The molecule has 0 spiro atoms. The van der Waals surface area contributed by atoms with Crippen molar-refractivity contribution in [1.29, 1.82) is 0 Å². The number of aromatic nitrogens is 3. The van der Waals surface area contributed by atoms with Gasteiger partial charge in [0.1, 0.15) is 12.4 Å². The van der Waals surface area contributed by atoms with Gasteiger partial charge in [-0.2, -0.15) is 0 Å². The van der Waals surface area contributed by atoms with Crippen LogP contribution >= 0.6 is 0 Å². The van der Waals surface area contributed by atoms with Crippen molar-refractivity contribution in [2.75, 3.05) is 31.2 Å². The van der Waals surface area contributed by atoms with Crippen LogP contribution in [0.3, 0.4) is 0 Å². The Labute approximate surface area is 191 Å². The van der Waals surface area contributed by atoms with Gasteiger partial charge in [-0.25, -0.2) is 9.97 Å². The number of aliphatic hydroxyl groups excluding tert-OH is 1. The summed E-state index contributed by atoms with van der Waals surface area (Å²) in [5.74, 6) is 0. The summed E-state index contributed by atoms with van der Waals surface area (Å²) in [5.41, 5.74) is 5.77. The average molecular weight is 443 g/mol. The van der Waals surface area contributed by atoms with E-state index in [9.17, 15) is 9.90 Å². The molecule has 168 valence electrons. The number of hydrogen-bond donors (Lipinski definition) is 1. The van der Waals surface area contributed by atoms with Crippen LogP contribution in [-0.2, 0) is 11.8 Å². The summed E-state index contributed by atoms with van der Waals surface area (Å²) in [7, 11) is 1.67. The van der Waals surface area contributed by atoms with Crippen LogP contribution in [0.25, 0.3) is 22.2 Å². The van der Waals surface area contributed by atoms with Crippen LogP contribution in [0.5, 0.6) is 0 Å².